The Kier molecular flexibility index (Phi) is 4.22. The van der Waals surface area contributed by atoms with E-state index >= 15 is 0 Å². The Morgan fingerprint density at radius 3 is 2.69 bits per heavy atom. The Labute approximate surface area is 167 Å². The maximum Gasteiger partial charge on any atom is 0.345 e. The highest BCUT2D eigenvalue weighted by Gasteiger charge is 2.39. The van der Waals surface area contributed by atoms with Crippen molar-refractivity contribution in [3.8, 4) is 22.9 Å². The van der Waals surface area contributed by atoms with Gasteiger partial charge >= 0.3 is 5.97 Å². The number of H-pyrrole nitrogens is 1. The molecule has 3 heterocycles. The summed E-state index contributed by atoms with van der Waals surface area (Å²) in [5.74, 6) is -1.34. The lowest BCUT2D eigenvalue weighted by atomic mass is 9.73. The van der Waals surface area contributed by atoms with Crippen LogP contribution in [0.2, 0.25) is 0 Å². The van der Waals surface area contributed by atoms with Crippen molar-refractivity contribution in [2.75, 3.05) is 6.61 Å². The molecular weight excluding hydrogens is 372 g/mol. The van der Waals surface area contributed by atoms with E-state index in [1.54, 1.807) is 0 Å². The molecule has 2 aromatic heterocycles. The number of hydrogen-bond donors (Lipinski definition) is 3. The van der Waals surface area contributed by atoms with Gasteiger partial charge in [0.2, 0.25) is 0 Å². The van der Waals surface area contributed by atoms with E-state index in [4.69, 9.17) is 4.74 Å². The van der Waals surface area contributed by atoms with Crippen molar-refractivity contribution < 1.29 is 19.7 Å². The zero-order valence-corrected chi connectivity index (χ0v) is 16.9. The topological polar surface area (TPSA) is 105 Å². The highest BCUT2D eigenvalue weighted by atomic mass is 16.5. The summed E-state index contributed by atoms with van der Waals surface area (Å²) < 4.78 is 7.87. The van der Waals surface area contributed by atoms with Crippen LogP contribution in [-0.2, 0) is 6.54 Å². The van der Waals surface area contributed by atoms with E-state index in [0.29, 0.717) is 24.4 Å². The SMILES string of the molecule is CCOc1cccc2c1cc1n2CC(C(C)(C)C)c2c-1[nH]c(=O)c(C(=O)O)c2O. The molecule has 1 aromatic carbocycles. The van der Waals surface area contributed by atoms with Gasteiger partial charge < -0.3 is 24.5 Å². The number of aromatic hydroxyl groups is 1. The highest BCUT2D eigenvalue weighted by molar-refractivity contribution is 5.95. The minimum atomic E-state index is -1.44. The van der Waals surface area contributed by atoms with Gasteiger partial charge in [-0.2, -0.15) is 0 Å². The van der Waals surface area contributed by atoms with Gasteiger partial charge in [-0.25, -0.2) is 4.79 Å². The van der Waals surface area contributed by atoms with Crippen LogP contribution in [0.25, 0.3) is 22.3 Å². The lowest BCUT2D eigenvalue weighted by Gasteiger charge is -2.37. The number of pyridine rings is 1. The average Bonchev–Trinajstić information content (AvgIpc) is 3.00. The summed E-state index contributed by atoms with van der Waals surface area (Å²) in [4.78, 5) is 26.8. The number of carboxylic acid groups (broad SMARTS) is 1. The number of aromatic amines is 1. The molecule has 1 atom stereocenters. The van der Waals surface area contributed by atoms with Crippen LogP contribution < -0.4 is 10.3 Å². The second-order valence-electron chi connectivity index (χ2n) is 8.45. The first-order valence-corrected chi connectivity index (χ1v) is 9.63. The van der Waals surface area contributed by atoms with Gasteiger partial charge in [0.15, 0.2) is 5.56 Å². The Bertz CT molecular complexity index is 1200. The van der Waals surface area contributed by atoms with Gasteiger partial charge in [0.1, 0.15) is 11.5 Å². The molecule has 0 fully saturated rings. The number of nitrogens with zero attached hydrogens (tertiary/aromatic N) is 1. The number of ether oxygens (including phenoxy) is 1. The second-order valence-corrected chi connectivity index (χ2v) is 8.45. The summed E-state index contributed by atoms with van der Waals surface area (Å²) in [7, 11) is 0. The molecule has 29 heavy (non-hydrogen) atoms. The lowest BCUT2D eigenvalue weighted by molar-refractivity contribution is 0.0691. The second kappa shape index (κ2) is 6.40. The summed E-state index contributed by atoms with van der Waals surface area (Å²) in [6.45, 7) is 9.10. The van der Waals surface area contributed by atoms with Crippen LogP contribution >= 0.6 is 0 Å². The first kappa shape index (κ1) is 19.1. The molecule has 0 saturated carbocycles. The summed E-state index contributed by atoms with van der Waals surface area (Å²) in [5.41, 5.74) is 0.916. The number of rotatable bonds is 3. The Morgan fingerprint density at radius 2 is 2.07 bits per heavy atom. The zero-order valence-electron chi connectivity index (χ0n) is 16.9. The maximum atomic E-state index is 12.5. The fourth-order valence-electron chi connectivity index (χ4n) is 4.27. The van der Waals surface area contributed by atoms with Crippen LogP contribution in [0.5, 0.6) is 11.5 Å². The molecule has 0 bridgehead atoms. The standard InChI is InChI=1S/C22H24N2O5/c1-5-29-15-8-6-7-13-11(15)9-14-18-16(12(10-24(13)14)22(2,3)4)19(25)17(21(27)28)20(26)23-18/h6-9,12H,5,10H2,1-4H3,(H,27,28)(H2,23,25,26). The molecule has 152 valence electrons. The van der Waals surface area contributed by atoms with Crippen molar-refractivity contribution in [1.82, 2.24) is 9.55 Å². The molecular formula is C22H24N2O5. The predicted molar refractivity (Wildman–Crippen MR) is 110 cm³/mol. The third kappa shape index (κ3) is 2.80. The van der Waals surface area contributed by atoms with Gasteiger partial charge in [-0.15, -0.1) is 0 Å². The minimum Gasteiger partial charge on any atom is -0.506 e. The largest absolute Gasteiger partial charge is 0.506 e. The normalized spacial score (nSPS) is 15.8. The molecule has 1 aliphatic rings. The van der Waals surface area contributed by atoms with Crippen LogP contribution in [0.15, 0.2) is 29.1 Å². The molecule has 7 heteroatoms. The molecule has 0 radical (unpaired) electrons. The molecule has 0 spiro atoms. The molecule has 1 unspecified atom stereocenters. The van der Waals surface area contributed by atoms with Crippen LogP contribution in [0.4, 0.5) is 0 Å². The number of aromatic nitrogens is 2. The zero-order chi connectivity index (χ0) is 21.1. The summed E-state index contributed by atoms with van der Waals surface area (Å²) in [5, 5.41) is 21.2. The summed E-state index contributed by atoms with van der Waals surface area (Å²) in [6, 6.07) is 7.74. The van der Waals surface area contributed by atoms with E-state index in [9.17, 15) is 19.8 Å². The average molecular weight is 396 g/mol. The van der Waals surface area contributed by atoms with Crippen molar-refractivity contribution in [2.45, 2.75) is 40.2 Å². The Morgan fingerprint density at radius 1 is 1.34 bits per heavy atom. The van der Waals surface area contributed by atoms with Crippen LogP contribution in [-0.4, -0.2) is 32.3 Å². The number of aromatic carboxylic acids is 1. The van der Waals surface area contributed by atoms with Crippen molar-refractivity contribution in [3.05, 3.63) is 45.7 Å². The van der Waals surface area contributed by atoms with Crippen LogP contribution in [0, 0.1) is 5.41 Å². The molecule has 7 nitrogen and oxygen atoms in total. The number of carboxylic acids is 1. The van der Waals surface area contributed by atoms with E-state index in [-0.39, 0.29) is 11.3 Å². The lowest BCUT2D eigenvalue weighted by Crippen LogP contribution is -2.31. The number of fused-ring (bicyclic) bond motifs is 5. The van der Waals surface area contributed by atoms with Gasteiger partial charge in [-0.1, -0.05) is 26.8 Å². The van der Waals surface area contributed by atoms with Gasteiger partial charge in [0, 0.05) is 23.4 Å². The van der Waals surface area contributed by atoms with E-state index in [0.717, 1.165) is 22.3 Å². The van der Waals surface area contributed by atoms with Gasteiger partial charge in [-0.05, 0) is 30.5 Å². The molecule has 1 aliphatic heterocycles. The fourth-order valence-corrected chi connectivity index (χ4v) is 4.27. The number of nitrogens with one attached hydrogen (secondary N) is 1. The first-order valence-electron chi connectivity index (χ1n) is 9.63. The summed E-state index contributed by atoms with van der Waals surface area (Å²) in [6.07, 6.45) is 0. The third-order valence-electron chi connectivity index (χ3n) is 5.66. The van der Waals surface area contributed by atoms with Crippen molar-refractivity contribution in [2.24, 2.45) is 5.41 Å². The van der Waals surface area contributed by atoms with Crippen LogP contribution in [0.3, 0.4) is 0 Å². The Hall–Kier alpha value is -3.22. The van der Waals surface area contributed by atoms with Crippen molar-refractivity contribution in [3.63, 3.8) is 0 Å². The highest BCUT2D eigenvalue weighted by Crippen LogP contribution is 2.50. The molecule has 3 aromatic rings. The predicted octanol–water partition coefficient (Wildman–Crippen LogP) is 3.94. The van der Waals surface area contributed by atoms with Gasteiger partial charge in [-0.3, -0.25) is 4.79 Å². The first-order chi connectivity index (χ1) is 13.6. The van der Waals surface area contributed by atoms with E-state index in [1.165, 1.54) is 0 Å². The van der Waals surface area contributed by atoms with E-state index in [1.807, 2.05) is 52.0 Å². The maximum absolute atomic E-state index is 12.5. The molecule has 3 N–H and O–H groups in total. The number of hydrogen-bond acceptors (Lipinski definition) is 4. The van der Waals surface area contributed by atoms with Gasteiger partial charge in [0.05, 0.1) is 23.5 Å². The third-order valence-corrected chi connectivity index (χ3v) is 5.66. The van der Waals surface area contributed by atoms with E-state index < -0.39 is 22.8 Å². The fraction of sp³-hybridized carbons (Fsp3) is 0.364. The summed E-state index contributed by atoms with van der Waals surface area (Å²) >= 11 is 0. The van der Waals surface area contributed by atoms with Crippen LogP contribution in [0.1, 0.15) is 49.5 Å². The number of carbonyl (C=O) groups is 1. The van der Waals surface area contributed by atoms with Crippen molar-refractivity contribution in [1.29, 1.82) is 0 Å². The van der Waals surface area contributed by atoms with Crippen molar-refractivity contribution >= 4 is 16.9 Å². The molecule has 0 amide bonds. The van der Waals surface area contributed by atoms with E-state index in [2.05, 4.69) is 9.55 Å². The molecule has 0 saturated heterocycles. The quantitative estimate of drug-likeness (QED) is 0.622. The van der Waals surface area contributed by atoms with Gasteiger partial charge in [0.25, 0.3) is 5.56 Å². The molecule has 4 rings (SSSR count). The number of benzene rings is 1. The molecule has 0 aliphatic carbocycles. The minimum absolute atomic E-state index is 0.203. The smallest absolute Gasteiger partial charge is 0.345 e. The Balaban J connectivity index is 2.10. The monoisotopic (exact) mass is 396 g/mol.